The van der Waals surface area contributed by atoms with Gasteiger partial charge in [0.15, 0.2) is 0 Å². The number of hydrogen-bond donors (Lipinski definition) is 1. The molecule has 1 aromatic rings. The second kappa shape index (κ2) is 5.80. The van der Waals surface area contributed by atoms with E-state index >= 15 is 0 Å². The molecule has 0 saturated heterocycles. The van der Waals surface area contributed by atoms with Gasteiger partial charge in [0.05, 0.1) is 0 Å². The molecular formula is C13H20N2O2S. The van der Waals surface area contributed by atoms with Crippen molar-refractivity contribution in [2.45, 2.75) is 50.0 Å². The van der Waals surface area contributed by atoms with Crippen LogP contribution in [0.5, 0.6) is 0 Å². The molecule has 1 N–H and O–H groups in total. The van der Waals surface area contributed by atoms with Crippen LogP contribution in [0.4, 0.5) is 0 Å². The first-order valence-corrected chi connectivity index (χ1v) is 8.04. The molecule has 0 bridgehead atoms. The predicted molar refractivity (Wildman–Crippen MR) is 70.6 cm³/mol. The Labute approximate surface area is 109 Å². The summed E-state index contributed by atoms with van der Waals surface area (Å²) in [6.45, 7) is 2.13. The Balaban J connectivity index is 2.12. The molecule has 1 aromatic heterocycles. The smallest absolute Gasteiger partial charge is 0.242 e. The minimum Gasteiger partial charge on any atom is -0.263 e. The molecule has 0 spiro atoms. The highest BCUT2D eigenvalue weighted by atomic mass is 32.2. The number of nitrogens with zero attached hydrogens (tertiary/aromatic N) is 1. The first-order valence-electron chi connectivity index (χ1n) is 6.56. The molecule has 1 aliphatic rings. The molecule has 1 aliphatic carbocycles. The van der Waals surface area contributed by atoms with Gasteiger partial charge in [0.25, 0.3) is 0 Å². The highest BCUT2D eigenvalue weighted by Gasteiger charge is 2.28. The lowest BCUT2D eigenvalue weighted by Crippen LogP contribution is -2.41. The van der Waals surface area contributed by atoms with Crippen molar-refractivity contribution in [1.82, 2.24) is 9.71 Å². The highest BCUT2D eigenvalue weighted by Crippen LogP contribution is 2.27. The van der Waals surface area contributed by atoms with E-state index in [4.69, 9.17) is 0 Å². The fourth-order valence-electron chi connectivity index (χ4n) is 2.62. The molecule has 1 heterocycles. The molecule has 1 saturated carbocycles. The van der Waals surface area contributed by atoms with E-state index in [9.17, 15) is 8.42 Å². The standard InChI is InChI=1S/C13H20N2O2S/c1-2-11-6-3-4-8-13(11)15-18(16,17)12-7-5-9-14-10-12/h5,7,9-11,13,15H,2-4,6,8H2,1H3/t11-,13-/m0/s1. The van der Waals surface area contributed by atoms with E-state index in [1.54, 1.807) is 18.3 Å². The quantitative estimate of drug-likeness (QED) is 0.911. The monoisotopic (exact) mass is 268 g/mol. The van der Waals surface area contributed by atoms with Crippen molar-refractivity contribution in [3.8, 4) is 0 Å². The predicted octanol–water partition coefficient (Wildman–Crippen LogP) is 2.33. The van der Waals surface area contributed by atoms with E-state index in [1.165, 1.54) is 12.6 Å². The van der Waals surface area contributed by atoms with Gasteiger partial charge in [-0.05, 0) is 30.9 Å². The van der Waals surface area contributed by atoms with E-state index in [-0.39, 0.29) is 10.9 Å². The van der Waals surface area contributed by atoms with Crippen LogP contribution in [-0.4, -0.2) is 19.4 Å². The number of nitrogens with one attached hydrogen (secondary N) is 1. The van der Waals surface area contributed by atoms with Gasteiger partial charge in [-0.1, -0.05) is 26.2 Å². The van der Waals surface area contributed by atoms with Gasteiger partial charge in [0.1, 0.15) is 4.90 Å². The van der Waals surface area contributed by atoms with Gasteiger partial charge >= 0.3 is 0 Å². The van der Waals surface area contributed by atoms with Gasteiger partial charge in [0.2, 0.25) is 10.0 Å². The maximum Gasteiger partial charge on any atom is 0.242 e. The molecule has 0 amide bonds. The van der Waals surface area contributed by atoms with Crippen molar-refractivity contribution in [3.05, 3.63) is 24.5 Å². The topological polar surface area (TPSA) is 59.1 Å². The van der Waals surface area contributed by atoms with E-state index in [1.807, 2.05) is 0 Å². The maximum absolute atomic E-state index is 12.2. The molecular weight excluding hydrogens is 248 g/mol. The van der Waals surface area contributed by atoms with Crippen molar-refractivity contribution < 1.29 is 8.42 Å². The highest BCUT2D eigenvalue weighted by molar-refractivity contribution is 7.89. The number of rotatable bonds is 4. The fourth-order valence-corrected chi connectivity index (χ4v) is 3.93. The zero-order valence-electron chi connectivity index (χ0n) is 10.7. The van der Waals surface area contributed by atoms with Crippen LogP contribution in [0.15, 0.2) is 29.4 Å². The Morgan fingerprint density at radius 3 is 2.83 bits per heavy atom. The summed E-state index contributed by atoms with van der Waals surface area (Å²) in [6.07, 6.45) is 8.38. The van der Waals surface area contributed by atoms with Crippen molar-refractivity contribution in [3.63, 3.8) is 0 Å². The normalized spacial score (nSPS) is 24.9. The van der Waals surface area contributed by atoms with E-state index in [0.717, 1.165) is 25.7 Å². The van der Waals surface area contributed by atoms with Gasteiger partial charge in [-0.25, -0.2) is 13.1 Å². The Bertz CT molecular complexity index is 473. The first kappa shape index (κ1) is 13.5. The Morgan fingerprint density at radius 1 is 1.39 bits per heavy atom. The SMILES string of the molecule is CC[C@H]1CCCC[C@@H]1NS(=O)(=O)c1cccnc1. The molecule has 0 aromatic carbocycles. The molecule has 0 radical (unpaired) electrons. The number of pyridine rings is 1. The molecule has 2 rings (SSSR count). The van der Waals surface area contributed by atoms with Crippen molar-refractivity contribution in [2.75, 3.05) is 0 Å². The fraction of sp³-hybridized carbons (Fsp3) is 0.615. The average Bonchev–Trinajstić information content (AvgIpc) is 2.40. The van der Waals surface area contributed by atoms with Gasteiger partial charge in [-0.2, -0.15) is 0 Å². The van der Waals surface area contributed by atoms with Gasteiger partial charge in [-0.15, -0.1) is 0 Å². The third-order valence-corrected chi connectivity index (χ3v) is 5.16. The molecule has 0 unspecified atom stereocenters. The molecule has 4 nitrogen and oxygen atoms in total. The van der Waals surface area contributed by atoms with Crippen LogP contribution in [-0.2, 0) is 10.0 Å². The minimum absolute atomic E-state index is 0.0777. The lowest BCUT2D eigenvalue weighted by Gasteiger charge is -2.31. The second-order valence-electron chi connectivity index (χ2n) is 4.87. The number of hydrogen-bond acceptors (Lipinski definition) is 3. The number of sulfonamides is 1. The Hall–Kier alpha value is -0.940. The van der Waals surface area contributed by atoms with E-state index < -0.39 is 10.0 Å². The van der Waals surface area contributed by atoms with Crippen LogP contribution in [0.25, 0.3) is 0 Å². The van der Waals surface area contributed by atoms with Crippen LogP contribution in [0.3, 0.4) is 0 Å². The van der Waals surface area contributed by atoms with Crippen LogP contribution in [0.2, 0.25) is 0 Å². The Morgan fingerprint density at radius 2 is 2.17 bits per heavy atom. The van der Waals surface area contributed by atoms with Crippen molar-refractivity contribution in [2.24, 2.45) is 5.92 Å². The van der Waals surface area contributed by atoms with Crippen molar-refractivity contribution >= 4 is 10.0 Å². The van der Waals surface area contributed by atoms with E-state index in [2.05, 4.69) is 16.6 Å². The van der Waals surface area contributed by atoms with Crippen LogP contribution in [0, 0.1) is 5.92 Å². The summed E-state index contributed by atoms with van der Waals surface area (Å²) in [5.41, 5.74) is 0. The lowest BCUT2D eigenvalue weighted by atomic mass is 9.83. The Kier molecular flexibility index (Phi) is 4.35. The third-order valence-electron chi connectivity index (χ3n) is 3.68. The summed E-state index contributed by atoms with van der Waals surface area (Å²) < 4.78 is 27.3. The summed E-state index contributed by atoms with van der Waals surface area (Å²) in [4.78, 5) is 4.12. The zero-order chi connectivity index (χ0) is 13.0. The molecule has 18 heavy (non-hydrogen) atoms. The third kappa shape index (κ3) is 3.09. The molecule has 5 heteroatoms. The average molecular weight is 268 g/mol. The van der Waals surface area contributed by atoms with Gasteiger partial charge in [-0.3, -0.25) is 4.98 Å². The van der Waals surface area contributed by atoms with Gasteiger partial charge < -0.3 is 0 Å². The molecule has 2 atom stereocenters. The maximum atomic E-state index is 12.2. The lowest BCUT2D eigenvalue weighted by molar-refractivity contribution is 0.282. The molecule has 100 valence electrons. The number of aromatic nitrogens is 1. The summed E-state index contributed by atoms with van der Waals surface area (Å²) in [7, 11) is -3.42. The van der Waals surface area contributed by atoms with Crippen LogP contribution >= 0.6 is 0 Å². The summed E-state index contributed by atoms with van der Waals surface area (Å²) in [5.74, 6) is 0.463. The molecule has 0 aliphatic heterocycles. The van der Waals surface area contributed by atoms with E-state index in [0.29, 0.717) is 5.92 Å². The molecule has 1 fully saturated rings. The van der Waals surface area contributed by atoms with Crippen LogP contribution in [0.1, 0.15) is 39.0 Å². The van der Waals surface area contributed by atoms with Crippen LogP contribution < -0.4 is 4.72 Å². The minimum atomic E-state index is -3.42. The summed E-state index contributed by atoms with van der Waals surface area (Å²) >= 11 is 0. The first-order chi connectivity index (χ1) is 8.63. The largest absolute Gasteiger partial charge is 0.263 e. The van der Waals surface area contributed by atoms with Gasteiger partial charge in [0, 0.05) is 18.4 Å². The second-order valence-corrected chi connectivity index (χ2v) is 6.58. The summed E-state index contributed by atoms with van der Waals surface area (Å²) in [6, 6.07) is 3.31. The zero-order valence-corrected chi connectivity index (χ0v) is 11.5. The van der Waals surface area contributed by atoms with Crippen molar-refractivity contribution in [1.29, 1.82) is 0 Å². The summed E-state index contributed by atoms with van der Waals surface area (Å²) in [5, 5.41) is 0.